The molecule has 244 valence electrons. The number of hydrogen-bond donors (Lipinski definition) is 0. The van der Waals surface area contributed by atoms with Gasteiger partial charge in [0.1, 0.15) is 0 Å². The Kier molecular flexibility index (Phi) is 7.71. The third kappa shape index (κ3) is 5.28. The quantitative estimate of drug-likeness (QED) is 0.151. The van der Waals surface area contributed by atoms with Gasteiger partial charge in [0.05, 0.1) is 22.1 Å². The number of rotatable bonds is 7. The highest BCUT2D eigenvalue weighted by atomic mass is 15.0. The molecule has 0 unspecified atom stereocenters. The molecule has 9 rings (SSSR count). The van der Waals surface area contributed by atoms with Crippen molar-refractivity contribution in [3.05, 3.63) is 182 Å². The van der Waals surface area contributed by atoms with Gasteiger partial charge in [-0.05, 0) is 101 Å². The van der Waals surface area contributed by atoms with Crippen LogP contribution in [0.15, 0.2) is 182 Å². The number of hydrogen-bond acceptors (Lipinski definition) is 0. The number of allylic oxidation sites excluding steroid dienone is 4. The van der Waals surface area contributed by atoms with Crippen LogP contribution in [0.3, 0.4) is 0 Å². The Hall–Kier alpha value is -6.38. The van der Waals surface area contributed by atoms with Crippen LogP contribution in [0.25, 0.3) is 88.4 Å². The highest BCUT2D eigenvalue weighted by molar-refractivity contribution is 6.13. The molecule has 0 spiro atoms. The number of aromatic nitrogens is 2. The van der Waals surface area contributed by atoms with Crippen LogP contribution in [0.1, 0.15) is 20.3 Å². The standard InChI is InChI=1S/C49H38N2/c1-3-5-20-40(4-2)50-47-24-15-13-22-43(47)45-32-36(26-28-48(45)50)37-25-27-44-42-21-12-14-23-46(42)51(49(44)33-37)41-30-38(34-16-8-6-9-17-34)29-39(31-41)35-18-10-7-11-19-35/h4-33H,3H2,1-2H3. The fourth-order valence-corrected chi connectivity index (χ4v) is 7.73. The van der Waals surface area contributed by atoms with E-state index in [1.54, 1.807) is 0 Å². The Labute approximate surface area is 298 Å². The molecule has 7 aromatic carbocycles. The third-order valence-electron chi connectivity index (χ3n) is 10.1. The van der Waals surface area contributed by atoms with Crippen molar-refractivity contribution < 1.29 is 0 Å². The van der Waals surface area contributed by atoms with Crippen molar-refractivity contribution in [1.82, 2.24) is 9.13 Å². The lowest BCUT2D eigenvalue weighted by atomic mass is 9.98. The molecule has 0 amide bonds. The predicted octanol–water partition coefficient (Wildman–Crippen LogP) is 13.7. The zero-order chi connectivity index (χ0) is 34.3. The molecule has 2 aromatic heterocycles. The Morgan fingerprint density at radius 3 is 1.67 bits per heavy atom. The SMILES string of the molecule is CC=C(C=CCC)n1c2ccccc2c2cc(-c3ccc4c5ccccc5n(-c5cc(-c6ccccc6)cc(-c6ccccc6)c5)c4c3)ccc21. The second kappa shape index (κ2) is 12.8. The molecule has 0 saturated heterocycles. The first-order chi connectivity index (χ1) is 25.2. The molecule has 0 atom stereocenters. The highest BCUT2D eigenvalue weighted by Gasteiger charge is 2.17. The van der Waals surface area contributed by atoms with Crippen LogP contribution in [0, 0.1) is 0 Å². The fourth-order valence-electron chi connectivity index (χ4n) is 7.73. The van der Waals surface area contributed by atoms with Gasteiger partial charge in [0.15, 0.2) is 0 Å². The van der Waals surface area contributed by atoms with Crippen LogP contribution in [-0.4, -0.2) is 9.13 Å². The lowest BCUT2D eigenvalue weighted by Gasteiger charge is -2.14. The van der Waals surface area contributed by atoms with Crippen molar-refractivity contribution in [2.24, 2.45) is 0 Å². The second-order valence-electron chi connectivity index (χ2n) is 13.2. The van der Waals surface area contributed by atoms with Gasteiger partial charge >= 0.3 is 0 Å². The summed E-state index contributed by atoms with van der Waals surface area (Å²) >= 11 is 0. The molecule has 0 fully saturated rings. The lowest BCUT2D eigenvalue weighted by molar-refractivity contribution is 1.18. The van der Waals surface area contributed by atoms with Crippen molar-refractivity contribution in [3.8, 4) is 39.1 Å². The van der Waals surface area contributed by atoms with E-state index in [1.807, 2.05) is 0 Å². The van der Waals surface area contributed by atoms with Crippen molar-refractivity contribution in [2.75, 3.05) is 0 Å². The first-order valence-electron chi connectivity index (χ1n) is 17.9. The lowest BCUT2D eigenvalue weighted by Crippen LogP contribution is -1.96. The van der Waals surface area contributed by atoms with Gasteiger partial charge in [-0.2, -0.15) is 0 Å². The maximum absolute atomic E-state index is 2.45. The summed E-state index contributed by atoms with van der Waals surface area (Å²) in [6, 6.07) is 59.9. The molecule has 0 bridgehead atoms. The van der Waals surface area contributed by atoms with Crippen molar-refractivity contribution in [1.29, 1.82) is 0 Å². The van der Waals surface area contributed by atoms with Crippen LogP contribution in [0.5, 0.6) is 0 Å². The van der Waals surface area contributed by atoms with E-state index in [0.717, 1.165) is 12.1 Å². The molecule has 0 aliphatic rings. The van der Waals surface area contributed by atoms with Crippen LogP contribution in [-0.2, 0) is 0 Å². The minimum atomic E-state index is 1.00. The van der Waals surface area contributed by atoms with E-state index in [-0.39, 0.29) is 0 Å². The zero-order valence-corrected chi connectivity index (χ0v) is 28.9. The average molecular weight is 655 g/mol. The Balaban J connectivity index is 1.27. The predicted molar refractivity (Wildman–Crippen MR) is 219 cm³/mol. The summed E-state index contributed by atoms with van der Waals surface area (Å²) in [4.78, 5) is 0. The normalized spacial score (nSPS) is 12.2. The molecule has 0 radical (unpaired) electrons. The molecule has 51 heavy (non-hydrogen) atoms. The molecule has 2 heteroatoms. The Morgan fingerprint density at radius 1 is 0.451 bits per heavy atom. The maximum Gasteiger partial charge on any atom is 0.0547 e. The van der Waals surface area contributed by atoms with Gasteiger partial charge < -0.3 is 9.13 Å². The third-order valence-corrected chi connectivity index (χ3v) is 10.1. The molecule has 0 aliphatic carbocycles. The smallest absolute Gasteiger partial charge is 0.0547 e. The first-order valence-corrected chi connectivity index (χ1v) is 17.9. The Bertz CT molecular complexity index is 2720. The van der Waals surface area contributed by atoms with E-state index >= 15 is 0 Å². The summed E-state index contributed by atoms with van der Waals surface area (Å²) < 4.78 is 4.85. The van der Waals surface area contributed by atoms with Crippen LogP contribution in [0.2, 0.25) is 0 Å². The van der Waals surface area contributed by atoms with Crippen LogP contribution >= 0.6 is 0 Å². The molecule has 2 nitrogen and oxygen atoms in total. The van der Waals surface area contributed by atoms with E-state index in [9.17, 15) is 0 Å². The van der Waals surface area contributed by atoms with Crippen molar-refractivity contribution >= 4 is 49.3 Å². The number of nitrogens with zero attached hydrogens (tertiary/aromatic N) is 2. The van der Waals surface area contributed by atoms with Gasteiger partial charge in [0.2, 0.25) is 0 Å². The van der Waals surface area contributed by atoms with E-state index in [2.05, 4.69) is 205 Å². The minimum Gasteiger partial charge on any atom is -0.310 e. The Morgan fingerprint density at radius 2 is 1.00 bits per heavy atom. The van der Waals surface area contributed by atoms with E-state index in [1.165, 1.54) is 82.7 Å². The zero-order valence-electron chi connectivity index (χ0n) is 28.9. The van der Waals surface area contributed by atoms with Crippen LogP contribution < -0.4 is 0 Å². The van der Waals surface area contributed by atoms with Crippen molar-refractivity contribution in [2.45, 2.75) is 20.3 Å². The summed E-state index contributed by atoms with van der Waals surface area (Å²) in [5.74, 6) is 0. The van der Waals surface area contributed by atoms with Gasteiger partial charge in [0.25, 0.3) is 0 Å². The minimum absolute atomic E-state index is 1.00. The first kappa shape index (κ1) is 30.7. The molecular weight excluding hydrogens is 617 g/mol. The topological polar surface area (TPSA) is 9.86 Å². The number of para-hydroxylation sites is 2. The summed E-state index contributed by atoms with van der Waals surface area (Å²) in [6.07, 6.45) is 7.68. The monoisotopic (exact) mass is 654 g/mol. The van der Waals surface area contributed by atoms with Gasteiger partial charge in [0, 0.05) is 32.9 Å². The van der Waals surface area contributed by atoms with E-state index < -0.39 is 0 Å². The summed E-state index contributed by atoms with van der Waals surface area (Å²) in [6.45, 7) is 4.30. The highest BCUT2D eigenvalue weighted by Crippen LogP contribution is 2.39. The van der Waals surface area contributed by atoms with Gasteiger partial charge in [-0.25, -0.2) is 0 Å². The van der Waals surface area contributed by atoms with Crippen LogP contribution in [0.4, 0.5) is 0 Å². The molecule has 0 N–H and O–H groups in total. The second-order valence-corrected chi connectivity index (χ2v) is 13.2. The van der Waals surface area contributed by atoms with Gasteiger partial charge in [-0.3, -0.25) is 0 Å². The maximum atomic E-state index is 2.45. The van der Waals surface area contributed by atoms with E-state index in [4.69, 9.17) is 0 Å². The van der Waals surface area contributed by atoms with E-state index in [0.29, 0.717) is 0 Å². The van der Waals surface area contributed by atoms with Gasteiger partial charge in [-0.1, -0.05) is 134 Å². The molecule has 0 aliphatic heterocycles. The summed E-state index contributed by atoms with van der Waals surface area (Å²) in [7, 11) is 0. The summed E-state index contributed by atoms with van der Waals surface area (Å²) in [5.41, 5.74) is 14.4. The molecule has 0 saturated carbocycles. The van der Waals surface area contributed by atoms with Gasteiger partial charge in [-0.15, -0.1) is 0 Å². The largest absolute Gasteiger partial charge is 0.310 e. The fraction of sp³-hybridized carbons (Fsp3) is 0.0612. The number of fused-ring (bicyclic) bond motifs is 6. The average Bonchev–Trinajstić information content (AvgIpc) is 3.71. The molecule has 9 aromatic rings. The van der Waals surface area contributed by atoms with Crippen molar-refractivity contribution in [3.63, 3.8) is 0 Å². The summed E-state index contributed by atoms with van der Waals surface area (Å²) in [5, 5.41) is 5.03. The number of benzene rings is 7. The molecule has 2 heterocycles. The molecular formula is C49H38N2.